The molecule has 1 aliphatic carbocycles. The number of nitrogens with one attached hydrogen (secondary N) is 2. The lowest BCUT2D eigenvalue weighted by molar-refractivity contribution is 0.0927. The van der Waals surface area contributed by atoms with Crippen molar-refractivity contribution in [1.29, 1.82) is 0 Å². The molecule has 6 heteroatoms. The van der Waals surface area contributed by atoms with Crippen LogP contribution in [-0.2, 0) is 0 Å². The van der Waals surface area contributed by atoms with Crippen LogP contribution >= 0.6 is 0 Å². The predicted molar refractivity (Wildman–Crippen MR) is 98.7 cm³/mol. The average Bonchev–Trinajstić information content (AvgIpc) is 2.87. The molecule has 0 atom stereocenters. The zero-order valence-corrected chi connectivity index (χ0v) is 15.4. The molecule has 138 valence electrons. The Balaban J connectivity index is 1.88. The molecule has 1 aromatic rings. The van der Waals surface area contributed by atoms with E-state index in [2.05, 4.69) is 20.5 Å². The number of carbonyl (C=O) groups is 2. The number of pyridine rings is 1. The Morgan fingerprint density at radius 2 is 1.72 bits per heavy atom. The molecule has 0 spiro atoms. The first-order chi connectivity index (χ1) is 12.1. The topological polar surface area (TPSA) is 74.3 Å². The second kappa shape index (κ2) is 10.1. The van der Waals surface area contributed by atoms with E-state index < -0.39 is 0 Å². The highest BCUT2D eigenvalue weighted by atomic mass is 16.2. The Labute approximate surface area is 150 Å². The van der Waals surface area contributed by atoms with Gasteiger partial charge in [0.05, 0.1) is 0 Å². The quantitative estimate of drug-likeness (QED) is 0.586. The van der Waals surface area contributed by atoms with E-state index in [9.17, 15) is 9.59 Å². The van der Waals surface area contributed by atoms with Crippen LogP contribution in [0.4, 0.5) is 0 Å². The summed E-state index contributed by atoms with van der Waals surface area (Å²) >= 11 is 0. The van der Waals surface area contributed by atoms with Gasteiger partial charge in [-0.1, -0.05) is 31.7 Å². The first-order valence-electron chi connectivity index (χ1n) is 9.27. The van der Waals surface area contributed by atoms with Crippen LogP contribution in [0.5, 0.6) is 0 Å². The fraction of sp³-hybridized carbons (Fsp3) is 0.632. The van der Waals surface area contributed by atoms with Gasteiger partial charge in [-0.05, 0) is 52.0 Å². The molecule has 2 N–H and O–H groups in total. The van der Waals surface area contributed by atoms with Gasteiger partial charge in [0.15, 0.2) is 0 Å². The van der Waals surface area contributed by atoms with Gasteiger partial charge in [-0.2, -0.15) is 0 Å². The van der Waals surface area contributed by atoms with Gasteiger partial charge in [0.2, 0.25) is 0 Å². The molecule has 0 radical (unpaired) electrons. The van der Waals surface area contributed by atoms with Gasteiger partial charge in [-0.25, -0.2) is 4.98 Å². The first-order valence-corrected chi connectivity index (χ1v) is 9.27. The van der Waals surface area contributed by atoms with Crippen molar-refractivity contribution in [1.82, 2.24) is 20.5 Å². The summed E-state index contributed by atoms with van der Waals surface area (Å²) in [5.41, 5.74) is 0.601. The van der Waals surface area contributed by atoms with Crippen LogP contribution in [0.1, 0.15) is 65.9 Å². The molecule has 0 bridgehead atoms. The summed E-state index contributed by atoms with van der Waals surface area (Å²) in [7, 11) is 4.00. The Morgan fingerprint density at radius 1 is 1.08 bits per heavy atom. The van der Waals surface area contributed by atoms with Crippen molar-refractivity contribution in [3.8, 4) is 0 Å². The molecule has 0 saturated heterocycles. The van der Waals surface area contributed by atoms with E-state index in [1.807, 2.05) is 14.1 Å². The molecule has 25 heavy (non-hydrogen) atoms. The van der Waals surface area contributed by atoms with Gasteiger partial charge in [-0.3, -0.25) is 9.59 Å². The van der Waals surface area contributed by atoms with E-state index in [-0.39, 0.29) is 17.9 Å². The Bertz CT molecular complexity index is 566. The van der Waals surface area contributed by atoms with E-state index in [1.54, 1.807) is 18.2 Å². The van der Waals surface area contributed by atoms with Crippen molar-refractivity contribution in [2.24, 2.45) is 0 Å². The molecule has 1 aromatic heterocycles. The lowest BCUT2D eigenvalue weighted by atomic mass is 10.1. The molecular weight excluding hydrogens is 316 g/mol. The summed E-state index contributed by atoms with van der Waals surface area (Å²) < 4.78 is 0. The molecule has 1 heterocycles. The maximum Gasteiger partial charge on any atom is 0.270 e. The lowest BCUT2D eigenvalue weighted by Gasteiger charge is -2.16. The monoisotopic (exact) mass is 346 g/mol. The van der Waals surface area contributed by atoms with Gasteiger partial charge < -0.3 is 15.5 Å². The van der Waals surface area contributed by atoms with Gasteiger partial charge in [-0.15, -0.1) is 0 Å². The zero-order chi connectivity index (χ0) is 18.1. The second-order valence-corrected chi connectivity index (χ2v) is 6.98. The van der Waals surface area contributed by atoms with Crippen molar-refractivity contribution in [2.45, 2.75) is 51.0 Å². The van der Waals surface area contributed by atoms with E-state index >= 15 is 0 Å². The summed E-state index contributed by atoms with van der Waals surface area (Å²) in [6.45, 7) is 1.51. The lowest BCUT2D eigenvalue weighted by Crippen LogP contribution is -2.35. The van der Waals surface area contributed by atoms with Crippen LogP contribution in [0.15, 0.2) is 18.2 Å². The third-order valence-electron chi connectivity index (χ3n) is 4.47. The third kappa shape index (κ3) is 6.82. The highest BCUT2D eigenvalue weighted by Gasteiger charge is 2.17. The number of hydrogen-bond donors (Lipinski definition) is 2. The standard InChI is InChI=1S/C19H30N4O2/c1-23(2)14-8-13-20-18(24)16-11-7-12-17(22-16)19(25)21-15-9-5-3-4-6-10-15/h7,11-12,15H,3-6,8-10,13-14H2,1-2H3,(H,20,24)(H,21,25). The van der Waals surface area contributed by atoms with Crippen LogP contribution in [-0.4, -0.2) is 54.9 Å². The average molecular weight is 346 g/mol. The second-order valence-electron chi connectivity index (χ2n) is 6.98. The highest BCUT2D eigenvalue weighted by Crippen LogP contribution is 2.17. The van der Waals surface area contributed by atoms with Crippen molar-refractivity contribution in [3.63, 3.8) is 0 Å². The molecule has 6 nitrogen and oxygen atoms in total. The number of nitrogens with zero attached hydrogens (tertiary/aromatic N) is 2. The van der Waals surface area contributed by atoms with Crippen molar-refractivity contribution >= 4 is 11.8 Å². The number of aromatic nitrogens is 1. The van der Waals surface area contributed by atoms with E-state index in [0.29, 0.717) is 17.9 Å². The van der Waals surface area contributed by atoms with E-state index in [4.69, 9.17) is 0 Å². The molecule has 1 aliphatic rings. The largest absolute Gasteiger partial charge is 0.351 e. The molecule has 2 amide bonds. The Hall–Kier alpha value is -1.95. The van der Waals surface area contributed by atoms with Crippen molar-refractivity contribution in [3.05, 3.63) is 29.6 Å². The third-order valence-corrected chi connectivity index (χ3v) is 4.47. The highest BCUT2D eigenvalue weighted by molar-refractivity contribution is 5.96. The fourth-order valence-corrected chi connectivity index (χ4v) is 3.06. The molecule has 1 saturated carbocycles. The normalized spacial score (nSPS) is 15.6. The molecule has 0 aliphatic heterocycles. The number of hydrogen-bond acceptors (Lipinski definition) is 4. The molecule has 0 unspecified atom stereocenters. The minimum atomic E-state index is -0.233. The van der Waals surface area contributed by atoms with Gasteiger partial charge in [0, 0.05) is 12.6 Å². The van der Waals surface area contributed by atoms with Crippen LogP contribution in [0.2, 0.25) is 0 Å². The Morgan fingerprint density at radius 3 is 2.36 bits per heavy atom. The minimum Gasteiger partial charge on any atom is -0.351 e. The fourth-order valence-electron chi connectivity index (χ4n) is 3.06. The summed E-state index contributed by atoms with van der Waals surface area (Å²) in [5.74, 6) is -0.419. The maximum absolute atomic E-state index is 12.4. The van der Waals surface area contributed by atoms with Crippen molar-refractivity contribution in [2.75, 3.05) is 27.2 Å². The predicted octanol–water partition coefficient (Wildman–Crippen LogP) is 2.22. The number of carbonyl (C=O) groups excluding carboxylic acids is 2. The van der Waals surface area contributed by atoms with Crippen LogP contribution < -0.4 is 10.6 Å². The summed E-state index contributed by atoms with van der Waals surface area (Å²) in [6, 6.07) is 5.24. The smallest absolute Gasteiger partial charge is 0.270 e. The molecule has 0 aromatic carbocycles. The molecule has 1 fully saturated rings. The van der Waals surface area contributed by atoms with Gasteiger partial charge in [0.25, 0.3) is 11.8 Å². The summed E-state index contributed by atoms with van der Waals surface area (Å²) in [4.78, 5) is 30.9. The van der Waals surface area contributed by atoms with Crippen LogP contribution in [0, 0.1) is 0 Å². The summed E-state index contributed by atoms with van der Waals surface area (Å²) in [6.07, 6.45) is 7.74. The molecular formula is C19H30N4O2. The molecule has 2 rings (SSSR count). The summed E-state index contributed by atoms with van der Waals surface area (Å²) in [5, 5.41) is 5.92. The van der Waals surface area contributed by atoms with Crippen LogP contribution in [0.25, 0.3) is 0 Å². The maximum atomic E-state index is 12.4. The van der Waals surface area contributed by atoms with Gasteiger partial charge >= 0.3 is 0 Å². The van der Waals surface area contributed by atoms with E-state index in [0.717, 1.165) is 38.6 Å². The minimum absolute atomic E-state index is 0.186. The van der Waals surface area contributed by atoms with Crippen molar-refractivity contribution < 1.29 is 9.59 Å². The first kappa shape index (κ1) is 19.4. The van der Waals surface area contributed by atoms with Crippen LogP contribution in [0.3, 0.4) is 0 Å². The number of amides is 2. The van der Waals surface area contributed by atoms with Gasteiger partial charge in [0.1, 0.15) is 11.4 Å². The zero-order valence-electron chi connectivity index (χ0n) is 15.4. The Kier molecular flexibility index (Phi) is 7.85. The van der Waals surface area contributed by atoms with E-state index in [1.165, 1.54) is 12.8 Å². The SMILES string of the molecule is CN(C)CCCNC(=O)c1cccc(C(=O)NC2CCCCCC2)n1. The number of rotatable bonds is 7.